The van der Waals surface area contributed by atoms with E-state index in [1.54, 1.807) is 18.1 Å². The SMILES string of the molecule is COC1CCC(Nc2cc(Cl)ccc2-n2cncn2)CC1. The Morgan fingerprint density at radius 1 is 1.29 bits per heavy atom. The van der Waals surface area contributed by atoms with Gasteiger partial charge in [0.2, 0.25) is 0 Å². The minimum Gasteiger partial charge on any atom is -0.381 e. The molecule has 3 rings (SSSR count). The average Bonchev–Trinajstić information content (AvgIpc) is 3.02. The quantitative estimate of drug-likeness (QED) is 0.941. The van der Waals surface area contributed by atoms with Gasteiger partial charge < -0.3 is 10.1 Å². The minimum atomic E-state index is 0.400. The van der Waals surface area contributed by atoms with Crippen molar-refractivity contribution in [1.29, 1.82) is 0 Å². The summed E-state index contributed by atoms with van der Waals surface area (Å²) < 4.78 is 7.17. The van der Waals surface area contributed by atoms with Crippen LogP contribution in [0.4, 0.5) is 5.69 Å². The molecule has 1 aliphatic carbocycles. The van der Waals surface area contributed by atoms with Crippen molar-refractivity contribution in [3.05, 3.63) is 35.9 Å². The van der Waals surface area contributed by atoms with Crippen molar-refractivity contribution in [1.82, 2.24) is 14.8 Å². The number of halogens is 1. The van der Waals surface area contributed by atoms with Gasteiger partial charge in [-0.1, -0.05) is 11.6 Å². The second-order valence-corrected chi connectivity index (χ2v) is 5.79. The standard InChI is InChI=1S/C15H19ClN4O/c1-21-13-5-3-12(4-6-13)19-14-8-11(16)2-7-15(14)20-10-17-9-18-20/h2,7-10,12-13,19H,3-6H2,1H3. The van der Waals surface area contributed by atoms with Crippen molar-refractivity contribution < 1.29 is 4.74 Å². The van der Waals surface area contributed by atoms with Gasteiger partial charge in [0.05, 0.1) is 17.5 Å². The van der Waals surface area contributed by atoms with Crippen molar-refractivity contribution in [3.63, 3.8) is 0 Å². The number of rotatable bonds is 4. The fourth-order valence-electron chi connectivity index (χ4n) is 2.82. The minimum absolute atomic E-state index is 0.400. The van der Waals surface area contributed by atoms with Crippen LogP contribution in [-0.2, 0) is 4.74 Å². The number of hydrogen-bond acceptors (Lipinski definition) is 4. The van der Waals surface area contributed by atoms with Crippen LogP contribution in [0.2, 0.25) is 5.02 Å². The van der Waals surface area contributed by atoms with Crippen molar-refractivity contribution in [3.8, 4) is 5.69 Å². The number of hydrogen-bond donors (Lipinski definition) is 1. The Morgan fingerprint density at radius 3 is 2.76 bits per heavy atom. The van der Waals surface area contributed by atoms with Gasteiger partial charge >= 0.3 is 0 Å². The lowest BCUT2D eigenvalue weighted by molar-refractivity contribution is 0.0682. The second kappa shape index (κ2) is 6.45. The van der Waals surface area contributed by atoms with Crippen LogP contribution in [0.1, 0.15) is 25.7 Å². The zero-order valence-electron chi connectivity index (χ0n) is 12.0. The summed E-state index contributed by atoms with van der Waals surface area (Å²) in [5.74, 6) is 0. The number of ether oxygens (including phenoxy) is 1. The molecule has 112 valence electrons. The largest absolute Gasteiger partial charge is 0.381 e. The summed E-state index contributed by atoms with van der Waals surface area (Å²) in [5.41, 5.74) is 1.96. The summed E-state index contributed by atoms with van der Waals surface area (Å²) in [4.78, 5) is 4.00. The van der Waals surface area contributed by atoms with Crippen LogP contribution in [0, 0.1) is 0 Å². The summed E-state index contributed by atoms with van der Waals surface area (Å²) in [6, 6.07) is 6.21. The highest BCUT2D eigenvalue weighted by molar-refractivity contribution is 6.31. The van der Waals surface area contributed by atoms with E-state index >= 15 is 0 Å². The molecule has 1 aromatic carbocycles. The molecule has 0 unspecified atom stereocenters. The Labute approximate surface area is 129 Å². The topological polar surface area (TPSA) is 52.0 Å². The molecule has 1 heterocycles. The van der Waals surface area contributed by atoms with E-state index in [1.807, 2.05) is 18.2 Å². The summed E-state index contributed by atoms with van der Waals surface area (Å²) in [6.45, 7) is 0. The fourth-order valence-corrected chi connectivity index (χ4v) is 2.99. The summed E-state index contributed by atoms with van der Waals surface area (Å²) >= 11 is 6.14. The highest BCUT2D eigenvalue weighted by atomic mass is 35.5. The number of aromatic nitrogens is 3. The van der Waals surface area contributed by atoms with Gasteiger partial charge in [-0.2, -0.15) is 5.10 Å². The first-order valence-electron chi connectivity index (χ1n) is 7.20. The number of benzene rings is 1. The van der Waals surface area contributed by atoms with E-state index in [1.165, 1.54) is 6.33 Å². The molecule has 0 bridgehead atoms. The van der Waals surface area contributed by atoms with Gasteiger partial charge in [0.15, 0.2) is 0 Å². The van der Waals surface area contributed by atoms with Crippen molar-refractivity contribution >= 4 is 17.3 Å². The third-order valence-corrected chi connectivity index (χ3v) is 4.23. The van der Waals surface area contributed by atoms with Crippen LogP contribution < -0.4 is 5.32 Å². The molecule has 1 aliphatic rings. The number of nitrogens with zero attached hydrogens (tertiary/aromatic N) is 3. The summed E-state index contributed by atoms with van der Waals surface area (Å²) in [5, 5.41) is 8.51. The molecule has 1 saturated carbocycles. The van der Waals surface area contributed by atoms with E-state index in [0.717, 1.165) is 37.1 Å². The fraction of sp³-hybridized carbons (Fsp3) is 0.467. The Balaban J connectivity index is 1.77. The lowest BCUT2D eigenvalue weighted by atomic mass is 9.93. The first-order valence-corrected chi connectivity index (χ1v) is 7.58. The number of anilines is 1. The predicted molar refractivity (Wildman–Crippen MR) is 83.0 cm³/mol. The van der Waals surface area contributed by atoms with Crippen molar-refractivity contribution in [2.75, 3.05) is 12.4 Å². The van der Waals surface area contributed by atoms with Crippen molar-refractivity contribution in [2.24, 2.45) is 0 Å². The Kier molecular flexibility index (Phi) is 4.41. The first-order chi connectivity index (χ1) is 10.3. The van der Waals surface area contributed by atoms with Gasteiger partial charge in [-0.25, -0.2) is 9.67 Å². The van der Waals surface area contributed by atoms with Gasteiger partial charge in [0.1, 0.15) is 12.7 Å². The summed E-state index contributed by atoms with van der Waals surface area (Å²) in [7, 11) is 1.79. The summed E-state index contributed by atoms with van der Waals surface area (Å²) in [6.07, 6.45) is 8.00. The van der Waals surface area contributed by atoms with E-state index in [4.69, 9.17) is 16.3 Å². The monoisotopic (exact) mass is 306 g/mol. The Morgan fingerprint density at radius 2 is 2.10 bits per heavy atom. The lowest BCUT2D eigenvalue weighted by Gasteiger charge is -2.29. The molecule has 0 aliphatic heterocycles. The van der Waals surface area contributed by atoms with Crippen LogP contribution in [0.5, 0.6) is 0 Å². The predicted octanol–water partition coefficient (Wildman–Crippen LogP) is 3.29. The van der Waals surface area contributed by atoms with Gasteiger partial charge in [-0.3, -0.25) is 0 Å². The van der Waals surface area contributed by atoms with E-state index in [9.17, 15) is 0 Å². The van der Waals surface area contributed by atoms with Gasteiger partial charge in [0.25, 0.3) is 0 Å². The Bertz CT molecular complexity index is 579. The Hall–Kier alpha value is -1.59. The van der Waals surface area contributed by atoms with Gasteiger partial charge in [-0.05, 0) is 43.9 Å². The first kappa shape index (κ1) is 14.4. The molecule has 2 aromatic rings. The molecule has 21 heavy (non-hydrogen) atoms. The lowest BCUT2D eigenvalue weighted by Crippen LogP contribution is -2.29. The molecular formula is C15H19ClN4O. The molecule has 0 amide bonds. The molecular weight excluding hydrogens is 288 g/mol. The maximum Gasteiger partial charge on any atom is 0.138 e. The smallest absolute Gasteiger partial charge is 0.138 e. The average molecular weight is 307 g/mol. The maximum absolute atomic E-state index is 6.14. The molecule has 1 aromatic heterocycles. The molecule has 1 fully saturated rings. The second-order valence-electron chi connectivity index (χ2n) is 5.36. The third kappa shape index (κ3) is 3.36. The van der Waals surface area contributed by atoms with Crippen molar-refractivity contribution in [2.45, 2.75) is 37.8 Å². The zero-order valence-corrected chi connectivity index (χ0v) is 12.8. The van der Waals surface area contributed by atoms with Crippen LogP contribution in [0.3, 0.4) is 0 Å². The molecule has 0 radical (unpaired) electrons. The van der Waals surface area contributed by atoms with Crippen LogP contribution in [0.15, 0.2) is 30.9 Å². The number of nitrogens with one attached hydrogen (secondary N) is 1. The van der Waals surface area contributed by atoms with Gasteiger partial charge in [0, 0.05) is 18.2 Å². The van der Waals surface area contributed by atoms with Crippen LogP contribution >= 0.6 is 11.6 Å². The van der Waals surface area contributed by atoms with E-state index in [0.29, 0.717) is 17.2 Å². The normalized spacial score (nSPS) is 22.2. The van der Waals surface area contributed by atoms with Crippen LogP contribution in [0.25, 0.3) is 5.69 Å². The third-order valence-electron chi connectivity index (χ3n) is 3.99. The van der Waals surface area contributed by atoms with Crippen LogP contribution in [-0.4, -0.2) is 34.0 Å². The molecule has 0 spiro atoms. The highest BCUT2D eigenvalue weighted by Gasteiger charge is 2.21. The van der Waals surface area contributed by atoms with E-state index in [-0.39, 0.29) is 0 Å². The van der Waals surface area contributed by atoms with E-state index < -0.39 is 0 Å². The number of methoxy groups -OCH3 is 1. The molecule has 0 atom stereocenters. The zero-order chi connectivity index (χ0) is 14.7. The van der Waals surface area contributed by atoms with Gasteiger partial charge in [-0.15, -0.1) is 0 Å². The van der Waals surface area contributed by atoms with E-state index in [2.05, 4.69) is 15.4 Å². The molecule has 0 saturated heterocycles. The molecule has 5 nitrogen and oxygen atoms in total. The maximum atomic E-state index is 6.14. The highest BCUT2D eigenvalue weighted by Crippen LogP contribution is 2.28. The molecule has 1 N–H and O–H groups in total. The molecule has 6 heteroatoms.